The van der Waals surface area contributed by atoms with Gasteiger partial charge in [0, 0.05) is 0 Å². The maximum absolute atomic E-state index is 11.1. The van der Waals surface area contributed by atoms with Gasteiger partial charge in [-0.15, -0.1) is 0 Å². The molecule has 0 aromatic heterocycles. The predicted molar refractivity (Wildman–Crippen MR) is 66.2 cm³/mol. The van der Waals surface area contributed by atoms with Crippen molar-refractivity contribution in [2.75, 3.05) is 13.7 Å². The molecule has 6 nitrogen and oxygen atoms in total. The molecule has 0 saturated carbocycles. The smallest absolute Gasteiger partial charge is 0.240 e. The quantitative estimate of drug-likeness (QED) is 0.650. The molecule has 0 aliphatic carbocycles. The average Bonchev–Trinajstić information content (AvgIpc) is 2.35. The van der Waals surface area contributed by atoms with Crippen LogP contribution in [0.25, 0.3) is 0 Å². The van der Waals surface area contributed by atoms with Gasteiger partial charge in [-0.25, -0.2) is 0 Å². The molecule has 1 amide bonds. The topological polar surface area (TPSA) is 108 Å². The lowest BCUT2D eigenvalue weighted by Gasteiger charge is -2.21. The van der Waals surface area contributed by atoms with Gasteiger partial charge in [0.15, 0.2) is 11.5 Å². The largest absolute Gasteiger partial charge is 0.493 e. The summed E-state index contributed by atoms with van der Waals surface area (Å²) in [6.07, 6.45) is 0. The molecule has 1 rings (SSSR count). The lowest BCUT2D eigenvalue weighted by molar-refractivity contribution is -0.123. The minimum atomic E-state index is -1.25. The fraction of sp³-hybridized carbons (Fsp3) is 0.417. The van der Waals surface area contributed by atoms with E-state index in [0.29, 0.717) is 17.1 Å². The Kier molecular flexibility index (Phi) is 4.52. The van der Waals surface area contributed by atoms with E-state index in [2.05, 4.69) is 0 Å². The first kappa shape index (κ1) is 14.3. The number of aliphatic hydroxyl groups is 1. The van der Waals surface area contributed by atoms with Crippen molar-refractivity contribution in [2.45, 2.75) is 19.1 Å². The highest BCUT2D eigenvalue weighted by atomic mass is 16.5. The minimum absolute atomic E-state index is 0.0584. The monoisotopic (exact) mass is 254 g/mol. The van der Waals surface area contributed by atoms with Crippen LogP contribution in [0, 0.1) is 0 Å². The van der Waals surface area contributed by atoms with Crippen molar-refractivity contribution in [2.24, 2.45) is 11.5 Å². The summed E-state index contributed by atoms with van der Waals surface area (Å²) in [4.78, 5) is 11.1. The molecule has 100 valence electrons. The Bertz CT molecular complexity index is 432. The molecule has 5 N–H and O–H groups in total. The zero-order valence-electron chi connectivity index (χ0n) is 10.5. The van der Waals surface area contributed by atoms with Crippen molar-refractivity contribution in [1.29, 1.82) is 0 Å². The molecule has 1 unspecified atom stereocenters. The first-order valence-electron chi connectivity index (χ1n) is 5.40. The van der Waals surface area contributed by atoms with Gasteiger partial charge in [0.05, 0.1) is 13.7 Å². The van der Waals surface area contributed by atoms with Crippen LogP contribution in [0.3, 0.4) is 0 Å². The van der Waals surface area contributed by atoms with Crippen molar-refractivity contribution in [1.82, 2.24) is 0 Å². The van der Waals surface area contributed by atoms with E-state index in [1.165, 1.54) is 14.0 Å². The van der Waals surface area contributed by atoms with Crippen molar-refractivity contribution >= 4 is 5.91 Å². The molecule has 0 radical (unpaired) electrons. The third-order valence-electron chi connectivity index (χ3n) is 2.50. The molecule has 1 aromatic carbocycles. The summed E-state index contributed by atoms with van der Waals surface area (Å²) >= 11 is 0. The number of carbonyl (C=O) groups is 1. The van der Waals surface area contributed by atoms with E-state index in [0.717, 1.165) is 0 Å². The third kappa shape index (κ3) is 3.35. The highest BCUT2D eigenvalue weighted by Crippen LogP contribution is 2.28. The molecule has 0 spiro atoms. The molecule has 18 heavy (non-hydrogen) atoms. The molecular weight excluding hydrogens is 236 g/mol. The van der Waals surface area contributed by atoms with E-state index in [1.54, 1.807) is 18.2 Å². The van der Waals surface area contributed by atoms with Crippen LogP contribution >= 0.6 is 0 Å². The number of hydrogen-bond donors (Lipinski definition) is 3. The number of aliphatic hydroxyl groups excluding tert-OH is 1. The average molecular weight is 254 g/mol. The van der Waals surface area contributed by atoms with Gasteiger partial charge >= 0.3 is 0 Å². The van der Waals surface area contributed by atoms with Crippen LogP contribution in [-0.2, 0) is 11.4 Å². The number of nitrogens with two attached hydrogens (primary N) is 2. The van der Waals surface area contributed by atoms with Crippen LogP contribution in [0.5, 0.6) is 11.5 Å². The molecule has 0 saturated heterocycles. The van der Waals surface area contributed by atoms with Gasteiger partial charge in [0.2, 0.25) is 5.91 Å². The number of methoxy groups -OCH3 is 1. The Morgan fingerprint density at radius 1 is 1.44 bits per heavy atom. The standard InChI is InChI=1S/C12H18N2O4/c1-12(14,11(13)16)7-18-9-4-3-8(6-15)5-10(9)17-2/h3-5,15H,6-7,14H2,1-2H3,(H2,13,16). The van der Waals surface area contributed by atoms with Gasteiger partial charge in [-0.05, 0) is 24.6 Å². The van der Waals surface area contributed by atoms with E-state index in [-0.39, 0.29) is 13.2 Å². The summed E-state index contributed by atoms with van der Waals surface area (Å²) < 4.78 is 10.5. The first-order chi connectivity index (χ1) is 8.40. The number of rotatable bonds is 6. The van der Waals surface area contributed by atoms with Crippen LogP contribution in [-0.4, -0.2) is 30.3 Å². The Morgan fingerprint density at radius 2 is 2.11 bits per heavy atom. The normalized spacial score (nSPS) is 13.8. The van der Waals surface area contributed by atoms with Crippen LogP contribution < -0.4 is 20.9 Å². The second-order valence-corrected chi connectivity index (χ2v) is 4.21. The molecule has 0 aliphatic heterocycles. The van der Waals surface area contributed by atoms with Gasteiger partial charge in [-0.3, -0.25) is 4.79 Å². The lowest BCUT2D eigenvalue weighted by atomic mass is 10.1. The Morgan fingerprint density at radius 3 is 2.61 bits per heavy atom. The highest BCUT2D eigenvalue weighted by molar-refractivity contribution is 5.84. The summed E-state index contributed by atoms with van der Waals surface area (Å²) in [5, 5.41) is 9.00. The predicted octanol–water partition coefficient (Wildman–Crippen LogP) is -0.231. The summed E-state index contributed by atoms with van der Waals surface area (Å²) in [5.41, 5.74) is 10.3. The van der Waals surface area contributed by atoms with E-state index in [1.807, 2.05) is 0 Å². The molecule has 6 heteroatoms. The van der Waals surface area contributed by atoms with Crippen LogP contribution in [0.15, 0.2) is 18.2 Å². The molecular formula is C12H18N2O4. The Labute approximate surface area is 105 Å². The number of primary amides is 1. The maximum Gasteiger partial charge on any atom is 0.240 e. The number of ether oxygens (including phenoxy) is 2. The Balaban J connectivity index is 2.82. The van der Waals surface area contributed by atoms with Crippen molar-refractivity contribution < 1.29 is 19.4 Å². The lowest BCUT2D eigenvalue weighted by Crippen LogP contribution is -2.53. The first-order valence-corrected chi connectivity index (χ1v) is 5.40. The summed E-state index contributed by atoms with van der Waals surface area (Å²) in [6, 6.07) is 4.98. The van der Waals surface area contributed by atoms with Gasteiger partial charge in [-0.1, -0.05) is 6.07 Å². The van der Waals surface area contributed by atoms with Crippen molar-refractivity contribution in [3.63, 3.8) is 0 Å². The highest BCUT2D eigenvalue weighted by Gasteiger charge is 2.27. The van der Waals surface area contributed by atoms with Crippen LogP contribution in [0.4, 0.5) is 0 Å². The fourth-order valence-corrected chi connectivity index (χ4v) is 1.23. The number of amides is 1. The maximum atomic E-state index is 11.1. The molecule has 0 heterocycles. The van der Waals surface area contributed by atoms with Gasteiger partial charge < -0.3 is 26.0 Å². The third-order valence-corrected chi connectivity index (χ3v) is 2.50. The summed E-state index contributed by atoms with van der Waals surface area (Å²) in [6.45, 7) is 1.34. The van der Waals surface area contributed by atoms with E-state index in [9.17, 15) is 4.79 Å². The molecule has 1 atom stereocenters. The molecule has 0 bridgehead atoms. The zero-order chi connectivity index (χ0) is 13.8. The van der Waals surface area contributed by atoms with Gasteiger partial charge in [0.25, 0.3) is 0 Å². The van der Waals surface area contributed by atoms with E-state index in [4.69, 9.17) is 26.0 Å². The van der Waals surface area contributed by atoms with Crippen molar-refractivity contribution in [3.05, 3.63) is 23.8 Å². The second-order valence-electron chi connectivity index (χ2n) is 4.21. The SMILES string of the molecule is COc1cc(CO)ccc1OCC(C)(N)C(N)=O. The Hall–Kier alpha value is -1.79. The molecule has 0 aliphatic rings. The van der Waals surface area contributed by atoms with E-state index >= 15 is 0 Å². The zero-order valence-corrected chi connectivity index (χ0v) is 10.5. The number of benzene rings is 1. The van der Waals surface area contributed by atoms with Gasteiger partial charge in [-0.2, -0.15) is 0 Å². The van der Waals surface area contributed by atoms with Crippen molar-refractivity contribution in [3.8, 4) is 11.5 Å². The summed E-state index contributed by atoms with van der Waals surface area (Å²) in [5.74, 6) is 0.253. The summed E-state index contributed by atoms with van der Waals surface area (Å²) in [7, 11) is 1.49. The number of carbonyl (C=O) groups excluding carboxylic acids is 1. The fourth-order valence-electron chi connectivity index (χ4n) is 1.23. The minimum Gasteiger partial charge on any atom is -0.493 e. The second kappa shape index (κ2) is 5.70. The van der Waals surface area contributed by atoms with Crippen LogP contribution in [0.1, 0.15) is 12.5 Å². The number of hydrogen-bond acceptors (Lipinski definition) is 5. The molecule has 1 aromatic rings. The molecule has 0 fully saturated rings. The van der Waals surface area contributed by atoms with E-state index < -0.39 is 11.4 Å². The van der Waals surface area contributed by atoms with Gasteiger partial charge in [0.1, 0.15) is 12.1 Å². The van der Waals surface area contributed by atoms with Crippen LogP contribution in [0.2, 0.25) is 0 Å².